The molecule has 1 fully saturated rings. The molecule has 2 aliphatic rings. The molecular weight excluding hydrogens is 282 g/mol. The number of halogens is 1. The molecule has 1 aromatic heterocycles. The Labute approximate surface area is 121 Å². The third-order valence-electron chi connectivity index (χ3n) is 3.54. The summed E-state index contributed by atoms with van der Waals surface area (Å²) in [6, 6.07) is 0.352. The molecule has 108 valence electrons. The first-order chi connectivity index (χ1) is 9.70. The van der Waals surface area contributed by atoms with Crippen LogP contribution in [0.4, 0.5) is 5.82 Å². The van der Waals surface area contributed by atoms with Crippen LogP contribution < -0.4 is 9.64 Å². The molecule has 1 saturated heterocycles. The van der Waals surface area contributed by atoms with Crippen molar-refractivity contribution in [1.29, 1.82) is 0 Å². The van der Waals surface area contributed by atoms with Gasteiger partial charge in [-0.15, -0.1) is 0 Å². The number of fused-ring (bicyclic) bond motifs is 3. The summed E-state index contributed by atoms with van der Waals surface area (Å²) in [7, 11) is 0. The van der Waals surface area contributed by atoms with Crippen molar-refractivity contribution in [2.45, 2.75) is 25.4 Å². The second kappa shape index (κ2) is 5.49. The van der Waals surface area contributed by atoms with E-state index < -0.39 is 0 Å². The summed E-state index contributed by atoms with van der Waals surface area (Å²) in [6.07, 6.45) is 0.463. The maximum Gasteiger partial charge on any atom is 0.224 e. The fourth-order valence-corrected chi connectivity index (χ4v) is 2.87. The van der Waals surface area contributed by atoms with Gasteiger partial charge in [0.2, 0.25) is 5.28 Å². The minimum absolute atomic E-state index is 0.146. The van der Waals surface area contributed by atoms with Gasteiger partial charge in [0.1, 0.15) is 6.61 Å². The average molecular weight is 297 g/mol. The number of nitrogens with zero attached hydrogens (tertiary/aromatic N) is 5. The molecule has 0 bridgehead atoms. The smallest absolute Gasteiger partial charge is 0.224 e. The van der Waals surface area contributed by atoms with Gasteiger partial charge in [0, 0.05) is 13.0 Å². The Morgan fingerprint density at radius 3 is 3.05 bits per heavy atom. The lowest BCUT2D eigenvalue weighted by atomic mass is 10.1. The van der Waals surface area contributed by atoms with Crippen molar-refractivity contribution >= 4 is 17.4 Å². The minimum atomic E-state index is 0.146. The molecule has 0 spiro atoms. The fourth-order valence-electron chi connectivity index (χ4n) is 2.69. The number of anilines is 1. The zero-order valence-electron chi connectivity index (χ0n) is 11.1. The van der Waals surface area contributed by atoms with Gasteiger partial charge < -0.3 is 25.0 Å². The summed E-state index contributed by atoms with van der Waals surface area (Å²) < 4.78 is 11.3. The van der Waals surface area contributed by atoms with Crippen LogP contribution >= 0.6 is 11.6 Å². The predicted molar refractivity (Wildman–Crippen MR) is 73.4 cm³/mol. The maximum absolute atomic E-state index is 8.61. The summed E-state index contributed by atoms with van der Waals surface area (Å²) >= 11 is 6.01. The van der Waals surface area contributed by atoms with Crippen LogP contribution in [0.2, 0.25) is 5.28 Å². The molecule has 0 N–H and O–H groups in total. The zero-order valence-corrected chi connectivity index (χ0v) is 11.9. The van der Waals surface area contributed by atoms with E-state index in [1.54, 1.807) is 0 Å². The Bertz CT molecular complexity index is 527. The Hall–Kier alpha value is -1.47. The third kappa shape index (κ3) is 2.31. The Morgan fingerprint density at radius 1 is 1.40 bits per heavy atom. The second-order valence-electron chi connectivity index (χ2n) is 4.97. The molecule has 0 amide bonds. The van der Waals surface area contributed by atoms with E-state index in [2.05, 4.69) is 26.9 Å². The molecule has 8 heteroatoms. The minimum Gasteiger partial charge on any atom is -0.712 e. The summed E-state index contributed by atoms with van der Waals surface area (Å²) in [5, 5.41) is 3.29. The van der Waals surface area contributed by atoms with Crippen LogP contribution in [0.1, 0.15) is 12.6 Å². The zero-order chi connectivity index (χ0) is 14.1. The monoisotopic (exact) mass is 296 g/mol. The van der Waals surface area contributed by atoms with E-state index in [9.17, 15) is 0 Å². The SMILES string of the molecule is C[C@@H]1COC[C@H]2COc3c(CCN=[N-])nc(Cl)nc3N21. The van der Waals surface area contributed by atoms with E-state index in [1.165, 1.54) is 0 Å². The van der Waals surface area contributed by atoms with E-state index >= 15 is 0 Å². The lowest BCUT2D eigenvalue weighted by Gasteiger charge is -2.44. The van der Waals surface area contributed by atoms with Crippen molar-refractivity contribution in [3.05, 3.63) is 16.5 Å². The van der Waals surface area contributed by atoms with Gasteiger partial charge in [-0.3, -0.25) is 0 Å². The number of hydrogen-bond donors (Lipinski definition) is 0. The van der Waals surface area contributed by atoms with Crippen molar-refractivity contribution in [1.82, 2.24) is 9.97 Å². The Morgan fingerprint density at radius 2 is 2.25 bits per heavy atom. The van der Waals surface area contributed by atoms with Gasteiger partial charge in [-0.2, -0.15) is 4.98 Å². The van der Waals surface area contributed by atoms with Gasteiger partial charge in [0.15, 0.2) is 11.6 Å². The van der Waals surface area contributed by atoms with Crippen molar-refractivity contribution in [3.63, 3.8) is 0 Å². The van der Waals surface area contributed by atoms with Crippen LogP contribution in [0.3, 0.4) is 0 Å². The molecule has 0 saturated carbocycles. The number of morpholine rings is 1. The first kappa shape index (κ1) is 13.5. The number of rotatable bonds is 3. The van der Waals surface area contributed by atoms with Crippen molar-refractivity contribution in [3.8, 4) is 5.75 Å². The highest BCUT2D eigenvalue weighted by atomic mass is 35.5. The first-order valence-electron chi connectivity index (χ1n) is 6.57. The quantitative estimate of drug-likeness (QED) is 0.626. The van der Waals surface area contributed by atoms with Gasteiger partial charge in [-0.1, -0.05) is 0 Å². The molecule has 7 nitrogen and oxygen atoms in total. The topological polar surface area (TPSA) is 82.1 Å². The molecule has 3 rings (SSSR count). The molecule has 2 atom stereocenters. The number of hydrogen-bond acceptors (Lipinski definition) is 6. The van der Waals surface area contributed by atoms with Crippen molar-refractivity contribution < 1.29 is 9.47 Å². The van der Waals surface area contributed by atoms with E-state index in [1.807, 2.05) is 0 Å². The van der Waals surface area contributed by atoms with Gasteiger partial charge in [-0.05, 0) is 18.5 Å². The van der Waals surface area contributed by atoms with Crippen LogP contribution in [0.15, 0.2) is 5.11 Å². The van der Waals surface area contributed by atoms with Gasteiger partial charge in [-0.25, -0.2) is 4.98 Å². The molecule has 0 aliphatic carbocycles. The lowest BCUT2D eigenvalue weighted by Crippen LogP contribution is -2.56. The van der Waals surface area contributed by atoms with Crippen LogP contribution in [-0.2, 0) is 11.2 Å². The summed E-state index contributed by atoms with van der Waals surface area (Å²) in [6.45, 7) is 4.14. The summed E-state index contributed by atoms with van der Waals surface area (Å²) in [4.78, 5) is 10.7. The summed E-state index contributed by atoms with van der Waals surface area (Å²) in [5.41, 5.74) is 9.29. The van der Waals surface area contributed by atoms with E-state index in [0.29, 0.717) is 43.5 Å². The molecule has 1 aromatic rings. The first-order valence-corrected chi connectivity index (χ1v) is 6.94. The van der Waals surface area contributed by atoms with Gasteiger partial charge in [0.05, 0.1) is 31.0 Å². The van der Waals surface area contributed by atoms with Crippen molar-refractivity contribution in [2.24, 2.45) is 5.11 Å². The van der Waals surface area contributed by atoms with E-state index in [-0.39, 0.29) is 23.9 Å². The van der Waals surface area contributed by atoms with E-state index in [4.69, 9.17) is 26.6 Å². The number of aromatic nitrogens is 2. The van der Waals surface area contributed by atoms with Crippen LogP contribution in [0, 0.1) is 0 Å². The van der Waals surface area contributed by atoms with Crippen LogP contribution in [0.25, 0.3) is 5.53 Å². The summed E-state index contributed by atoms with van der Waals surface area (Å²) in [5.74, 6) is 1.35. The Kier molecular flexibility index (Phi) is 3.71. The molecule has 0 aromatic carbocycles. The van der Waals surface area contributed by atoms with Gasteiger partial charge in [0.25, 0.3) is 0 Å². The highest BCUT2D eigenvalue weighted by Gasteiger charge is 2.37. The second-order valence-corrected chi connectivity index (χ2v) is 5.30. The molecule has 3 heterocycles. The normalized spacial score (nSPS) is 24.6. The standard InChI is InChI=1S/C12H15ClN5O2/c1-7-4-19-5-8-6-20-10-9(2-3-15-14)16-12(13)17-11(10)18(7)8/h7-8H,2-6H2,1H3/q-1/t7-,8+/m1/s1. The highest BCUT2D eigenvalue weighted by molar-refractivity contribution is 6.28. The average Bonchev–Trinajstić information content (AvgIpc) is 2.44. The molecule has 0 radical (unpaired) electrons. The Balaban J connectivity index is 2.01. The third-order valence-corrected chi connectivity index (χ3v) is 3.71. The molecule has 2 aliphatic heterocycles. The van der Waals surface area contributed by atoms with Gasteiger partial charge >= 0.3 is 0 Å². The number of ether oxygens (including phenoxy) is 2. The van der Waals surface area contributed by atoms with Crippen LogP contribution in [-0.4, -0.2) is 48.4 Å². The lowest BCUT2D eigenvalue weighted by molar-refractivity contribution is 0.0483. The van der Waals surface area contributed by atoms with Crippen LogP contribution in [0.5, 0.6) is 5.75 Å². The largest absolute Gasteiger partial charge is 0.712 e. The predicted octanol–water partition coefficient (Wildman–Crippen LogP) is 1.68. The molecular formula is C12H15ClN5O2-. The highest BCUT2D eigenvalue weighted by Crippen LogP contribution is 2.38. The molecule has 0 unspecified atom stereocenters. The fraction of sp³-hybridized carbons (Fsp3) is 0.667. The maximum atomic E-state index is 8.61. The van der Waals surface area contributed by atoms with Crippen molar-refractivity contribution in [2.75, 3.05) is 31.3 Å². The van der Waals surface area contributed by atoms with E-state index in [0.717, 1.165) is 0 Å². The molecule has 20 heavy (non-hydrogen) atoms.